The summed E-state index contributed by atoms with van der Waals surface area (Å²) in [4.78, 5) is 1.07. The molecule has 0 atom stereocenters. The topological polar surface area (TPSA) is 26.0 Å². The van der Waals surface area contributed by atoms with Gasteiger partial charge in [0, 0.05) is 10.6 Å². The molecule has 3 rings (SSSR count). The number of thioether (sulfide) groups is 1. The summed E-state index contributed by atoms with van der Waals surface area (Å²) in [7, 11) is 0. The number of anilines is 1. The minimum absolute atomic E-state index is 0.868. The first-order valence-electron chi connectivity index (χ1n) is 10.2. The van der Waals surface area contributed by atoms with Crippen LogP contribution in [0.4, 0.5) is 5.69 Å². The van der Waals surface area contributed by atoms with Crippen LogP contribution >= 0.6 is 11.8 Å². The highest BCUT2D eigenvalue weighted by Crippen LogP contribution is 2.31. The van der Waals surface area contributed by atoms with Gasteiger partial charge in [0.1, 0.15) is 0 Å². The van der Waals surface area contributed by atoms with E-state index >= 15 is 0 Å². The molecule has 0 unspecified atom stereocenters. The van der Waals surface area contributed by atoms with E-state index in [-0.39, 0.29) is 0 Å². The summed E-state index contributed by atoms with van der Waals surface area (Å²) >= 11 is 1.70. The fourth-order valence-corrected chi connectivity index (χ4v) is 3.98. The number of allylic oxidation sites excluding steroid dienone is 1. The van der Waals surface area contributed by atoms with Crippen molar-refractivity contribution in [1.29, 1.82) is 0 Å². The number of nitrogens with two attached hydrogens (primary N) is 1. The van der Waals surface area contributed by atoms with E-state index < -0.39 is 0 Å². The highest BCUT2D eigenvalue weighted by atomic mass is 32.2. The third kappa shape index (κ3) is 5.77. The summed E-state index contributed by atoms with van der Waals surface area (Å²) in [5, 5.41) is 4.79. The Kier molecular flexibility index (Phi) is 8.16. The average Bonchev–Trinajstić information content (AvgIpc) is 2.71. The van der Waals surface area contributed by atoms with Crippen LogP contribution in [0.5, 0.6) is 0 Å². The van der Waals surface area contributed by atoms with Crippen molar-refractivity contribution in [1.82, 2.24) is 0 Å². The van der Waals surface area contributed by atoms with Crippen molar-refractivity contribution in [2.24, 2.45) is 0 Å². The Morgan fingerprint density at radius 3 is 2.41 bits per heavy atom. The van der Waals surface area contributed by atoms with E-state index in [1.165, 1.54) is 38.6 Å². The molecular formula is C27H33NS. The Morgan fingerprint density at radius 2 is 1.69 bits per heavy atom. The zero-order valence-electron chi connectivity index (χ0n) is 18.6. The Morgan fingerprint density at radius 1 is 0.966 bits per heavy atom. The Hall–Kier alpha value is -2.45. The van der Waals surface area contributed by atoms with Gasteiger partial charge in [-0.3, -0.25) is 0 Å². The highest BCUT2D eigenvalue weighted by molar-refractivity contribution is 8.10. The molecule has 0 amide bonds. The summed E-state index contributed by atoms with van der Waals surface area (Å²) in [6, 6.07) is 17.3. The number of nitrogen functional groups attached to an aromatic ring is 1. The van der Waals surface area contributed by atoms with Gasteiger partial charge in [0.05, 0.1) is 0 Å². The SMILES string of the molecule is C=C(S/C=C(\C)Cc1cc(C)c(N)cc1C)c1ccc2c(C)cccc2c1.CC. The van der Waals surface area contributed by atoms with E-state index in [0.717, 1.165) is 22.6 Å². The first-order valence-corrected chi connectivity index (χ1v) is 11.1. The van der Waals surface area contributed by atoms with Crippen molar-refractivity contribution >= 4 is 33.1 Å². The highest BCUT2D eigenvalue weighted by Gasteiger charge is 2.05. The van der Waals surface area contributed by atoms with Gasteiger partial charge in [-0.1, -0.05) is 74.2 Å². The largest absolute Gasteiger partial charge is 0.399 e. The van der Waals surface area contributed by atoms with Gasteiger partial charge in [0.15, 0.2) is 0 Å². The van der Waals surface area contributed by atoms with Crippen LogP contribution in [0.25, 0.3) is 15.7 Å². The number of hydrogen-bond donors (Lipinski definition) is 1. The fraction of sp³-hybridized carbons (Fsp3) is 0.259. The number of aryl methyl sites for hydroxylation is 3. The smallest absolute Gasteiger partial charge is 0.0346 e. The van der Waals surface area contributed by atoms with E-state index in [9.17, 15) is 0 Å². The molecule has 0 saturated carbocycles. The standard InChI is InChI=1S/C25H27NS.C2H6/c1-16(11-23-12-19(4)25(26)13-18(23)3)15-27-20(5)21-9-10-24-17(2)7-6-8-22(24)14-21;1-2/h6-10,12-15H,5,11,26H2,1-4H3;1-2H3/b16-15+;. The molecule has 0 aliphatic rings. The van der Waals surface area contributed by atoms with Gasteiger partial charge in [-0.2, -0.15) is 0 Å². The Bertz CT molecular complexity index is 1040. The van der Waals surface area contributed by atoms with Gasteiger partial charge < -0.3 is 5.73 Å². The number of rotatable bonds is 5. The molecule has 0 bridgehead atoms. The molecule has 2 heteroatoms. The van der Waals surface area contributed by atoms with E-state index in [1.54, 1.807) is 11.8 Å². The number of benzene rings is 3. The van der Waals surface area contributed by atoms with Gasteiger partial charge in [-0.25, -0.2) is 0 Å². The Labute approximate surface area is 180 Å². The minimum Gasteiger partial charge on any atom is -0.399 e. The van der Waals surface area contributed by atoms with Crippen LogP contribution in [0.15, 0.2) is 66.1 Å². The first kappa shape index (κ1) is 22.8. The third-order valence-corrected chi connectivity index (χ3v) is 6.06. The lowest BCUT2D eigenvalue weighted by atomic mass is 9.99. The summed E-state index contributed by atoms with van der Waals surface area (Å²) in [6.45, 7) is 16.8. The minimum atomic E-state index is 0.868. The van der Waals surface area contributed by atoms with Gasteiger partial charge >= 0.3 is 0 Å². The van der Waals surface area contributed by atoms with Crippen LogP contribution in [-0.2, 0) is 6.42 Å². The van der Waals surface area contributed by atoms with Crippen molar-refractivity contribution in [2.45, 2.75) is 48.0 Å². The average molecular weight is 404 g/mol. The van der Waals surface area contributed by atoms with Gasteiger partial charge in [-0.05, 0) is 90.2 Å². The van der Waals surface area contributed by atoms with Crippen LogP contribution in [0.1, 0.15) is 48.6 Å². The fourth-order valence-electron chi connectivity index (χ4n) is 3.29. The van der Waals surface area contributed by atoms with E-state index in [0.29, 0.717) is 0 Å². The van der Waals surface area contributed by atoms with E-state index in [2.05, 4.69) is 88.2 Å². The molecule has 0 aliphatic carbocycles. The molecule has 0 heterocycles. The van der Waals surface area contributed by atoms with Crippen LogP contribution in [0, 0.1) is 20.8 Å². The van der Waals surface area contributed by atoms with E-state index in [1.807, 2.05) is 13.8 Å². The van der Waals surface area contributed by atoms with Crippen molar-refractivity contribution in [3.05, 3.63) is 93.9 Å². The lowest BCUT2D eigenvalue weighted by Gasteiger charge is -2.11. The molecule has 0 saturated heterocycles. The second kappa shape index (κ2) is 10.4. The van der Waals surface area contributed by atoms with Crippen molar-refractivity contribution in [3.8, 4) is 0 Å². The predicted octanol–water partition coefficient (Wildman–Crippen LogP) is 8.22. The summed E-state index contributed by atoms with van der Waals surface area (Å²) in [5.41, 5.74) is 14.4. The molecule has 3 aromatic rings. The molecule has 0 radical (unpaired) electrons. The normalized spacial score (nSPS) is 11.2. The molecule has 1 nitrogen and oxygen atoms in total. The molecule has 29 heavy (non-hydrogen) atoms. The van der Waals surface area contributed by atoms with Crippen molar-refractivity contribution in [3.63, 3.8) is 0 Å². The lowest BCUT2D eigenvalue weighted by Crippen LogP contribution is -1.96. The molecule has 0 aliphatic heterocycles. The van der Waals surface area contributed by atoms with Gasteiger partial charge in [0.2, 0.25) is 0 Å². The molecule has 2 N–H and O–H groups in total. The second-order valence-electron chi connectivity index (χ2n) is 7.33. The molecule has 3 aromatic carbocycles. The summed E-state index contributed by atoms with van der Waals surface area (Å²) < 4.78 is 0. The molecular weight excluding hydrogens is 370 g/mol. The zero-order chi connectivity index (χ0) is 21.6. The maximum absolute atomic E-state index is 6.00. The molecule has 152 valence electrons. The maximum Gasteiger partial charge on any atom is 0.0346 e. The van der Waals surface area contributed by atoms with Gasteiger partial charge in [0.25, 0.3) is 0 Å². The number of fused-ring (bicyclic) bond motifs is 1. The number of hydrogen-bond acceptors (Lipinski definition) is 2. The van der Waals surface area contributed by atoms with Crippen molar-refractivity contribution in [2.75, 3.05) is 5.73 Å². The summed E-state index contributed by atoms with van der Waals surface area (Å²) in [6.07, 6.45) is 0.935. The molecule has 0 spiro atoms. The molecule has 0 aromatic heterocycles. The van der Waals surface area contributed by atoms with E-state index in [4.69, 9.17) is 5.73 Å². The van der Waals surface area contributed by atoms with Crippen LogP contribution < -0.4 is 5.73 Å². The maximum atomic E-state index is 6.00. The Balaban J connectivity index is 0.00000145. The van der Waals surface area contributed by atoms with Crippen LogP contribution in [0.2, 0.25) is 0 Å². The molecule has 0 fully saturated rings. The summed E-state index contributed by atoms with van der Waals surface area (Å²) in [5.74, 6) is 0. The van der Waals surface area contributed by atoms with Crippen molar-refractivity contribution < 1.29 is 0 Å². The van der Waals surface area contributed by atoms with Crippen LogP contribution in [0.3, 0.4) is 0 Å². The first-order chi connectivity index (χ1) is 13.8. The third-order valence-electron chi connectivity index (χ3n) is 5.02. The van der Waals surface area contributed by atoms with Crippen LogP contribution in [-0.4, -0.2) is 0 Å². The zero-order valence-corrected chi connectivity index (χ0v) is 19.4. The monoisotopic (exact) mass is 403 g/mol. The quantitative estimate of drug-likeness (QED) is 0.434. The van der Waals surface area contributed by atoms with Gasteiger partial charge in [-0.15, -0.1) is 0 Å². The lowest BCUT2D eigenvalue weighted by molar-refractivity contribution is 1.11. The second-order valence-corrected chi connectivity index (χ2v) is 8.29. The predicted molar refractivity (Wildman–Crippen MR) is 134 cm³/mol.